The van der Waals surface area contributed by atoms with Gasteiger partial charge in [-0.15, -0.1) is 0 Å². The molecule has 2 rings (SSSR count). The van der Waals surface area contributed by atoms with E-state index in [2.05, 4.69) is 15.5 Å². The first kappa shape index (κ1) is 17.8. The molecule has 1 heterocycles. The van der Waals surface area contributed by atoms with Gasteiger partial charge in [-0.1, -0.05) is 11.6 Å². The number of nitrogens with one attached hydrogen (secondary N) is 2. The van der Waals surface area contributed by atoms with Gasteiger partial charge in [-0.2, -0.15) is 0 Å². The highest BCUT2D eigenvalue weighted by atomic mass is 35.5. The van der Waals surface area contributed by atoms with E-state index in [1.165, 1.54) is 6.92 Å². The standard InChI is InChI=1S/C17H24ClN3O2/c1-12-8-15(5-6-16(12)18)20-17(23)11-21-7-3-4-14(10-21)9-19-13(2)22/h5-6,8,14H,3-4,7,9-11H2,1-2H3,(H,19,22)(H,20,23). The number of hydrogen-bond donors (Lipinski definition) is 2. The number of piperidine rings is 1. The average molecular weight is 338 g/mol. The maximum atomic E-state index is 12.2. The molecule has 2 amide bonds. The molecule has 0 aliphatic carbocycles. The molecule has 5 nitrogen and oxygen atoms in total. The molecular formula is C17H24ClN3O2. The third-order valence-corrected chi connectivity index (χ3v) is 4.48. The number of carbonyl (C=O) groups is 2. The molecule has 1 fully saturated rings. The Hall–Kier alpha value is -1.59. The molecule has 1 aromatic rings. The van der Waals surface area contributed by atoms with Crippen molar-refractivity contribution in [3.05, 3.63) is 28.8 Å². The van der Waals surface area contributed by atoms with E-state index in [9.17, 15) is 9.59 Å². The van der Waals surface area contributed by atoms with Crippen LogP contribution in [0.5, 0.6) is 0 Å². The minimum absolute atomic E-state index is 0.00188. The number of nitrogens with zero attached hydrogens (tertiary/aromatic N) is 1. The van der Waals surface area contributed by atoms with Crippen molar-refractivity contribution in [2.75, 3.05) is 31.5 Å². The van der Waals surface area contributed by atoms with Crippen LogP contribution in [0.1, 0.15) is 25.3 Å². The quantitative estimate of drug-likeness (QED) is 0.867. The fraction of sp³-hybridized carbons (Fsp3) is 0.529. The molecule has 1 atom stereocenters. The van der Waals surface area contributed by atoms with Crippen molar-refractivity contribution in [1.29, 1.82) is 0 Å². The van der Waals surface area contributed by atoms with Gasteiger partial charge in [0.2, 0.25) is 11.8 Å². The van der Waals surface area contributed by atoms with Crippen molar-refractivity contribution in [2.24, 2.45) is 5.92 Å². The van der Waals surface area contributed by atoms with Crippen LogP contribution in [0.15, 0.2) is 18.2 Å². The number of hydrogen-bond acceptors (Lipinski definition) is 3. The Labute approximate surface area is 142 Å². The highest BCUT2D eigenvalue weighted by Crippen LogP contribution is 2.20. The highest BCUT2D eigenvalue weighted by molar-refractivity contribution is 6.31. The monoisotopic (exact) mass is 337 g/mol. The van der Waals surface area contributed by atoms with Crippen LogP contribution in [0.25, 0.3) is 0 Å². The minimum atomic E-state index is -0.0214. The number of rotatable bonds is 5. The minimum Gasteiger partial charge on any atom is -0.356 e. The van der Waals surface area contributed by atoms with Gasteiger partial charge >= 0.3 is 0 Å². The van der Waals surface area contributed by atoms with Crippen molar-refractivity contribution in [3.63, 3.8) is 0 Å². The second kappa shape index (κ2) is 8.31. The van der Waals surface area contributed by atoms with Crippen LogP contribution in [0.3, 0.4) is 0 Å². The Balaban J connectivity index is 1.82. The number of likely N-dealkylation sites (tertiary alicyclic amines) is 1. The van der Waals surface area contributed by atoms with Gasteiger partial charge in [-0.3, -0.25) is 14.5 Å². The number of halogens is 1. The zero-order valence-electron chi connectivity index (χ0n) is 13.7. The van der Waals surface area contributed by atoms with Gasteiger partial charge in [0, 0.05) is 30.7 Å². The summed E-state index contributed by atoms with van der Waals surface area (Å²) in [6.45, 7) is 6.26. The summed E-state index contributed by atoms with van der Waals surface area (Å²) in [5.41, 5.74) is 1.71. The number of benzene rings is 1. The SMILES string of the molecule is CC(=O)NCC1CCCN(CC(=O)Nc2ccc(Cl)c(C)c2)C1. The summed E-state index contributed by atoms with van der Waals surface area (Å²) in [5, 5.41) is 6.47. The smallest absolute Gasteiger partial charge is 0.238 e. The molecule has 0 aromatic heterocycles. The molecule has 0 radical (unpaired) electrons. The maximum Gasteiger partial charge on any atom is 0.238 e. The van der Waals surface area contributed by atoms with Gasteiger partial charge in [0.25, 0.3) is 0 Å². The third-order valence-electron chi connectivity index (χ3n) is 4.05. The molecule has 1 saturated heterocycles. The lowest BCUT2D eigenvalue weighted by Gasteiger charge is -2.32. The maximum absolute atomic E-state index is 12.2. The van der Waals surface area contributed by atoms with Crippen LogP contribution >= 0.6 is 11.6 Å². The first-order chi connectivity index (χ1) is 10.9. The topological polar surface area (TPSA) is 61.4 Å². The third kappa shape index (κ3) is 5.84. The zero-order chi connectivity index (χ0) is 16.8. The molecule has 1 aliphatic heterocycles. The van der Waals surface area contributed by atoms with Crippen molar-refractivity contribution in [1.82, 2.24) is 10.2 Å². The van der Waals surface area contributed by atoms with E-state index in [4.69, 9.17) is 11.6 Å². The summed E-state index contributed by atoms with van der Waals surface area (Å²) in [6, 6.07) is 5.47. The molecular weight excluding hydrogens is 314 g/mol. The number of anilines is 1. The number of aryl methyl sites for hydroxylation is 1. The summed E-state index contributed by atoms with van der Waals surface area (Å²) in [5.74, 6) is 0.392. The van der Waals surface area contributed by atoms with Gasteiger partial charge in [0.1, 0.15) is 0 Å². The Kier molecular flexibility index (Phi) is 6.42. The van der Waals surface area contributed by atoms with Gasteiger partial charge in [-0.25, -0.2) is 0 Å². The van der Waals surface area contributed by atoms with Crippen LogP contribution in [-0.4, -0.2) is 42.9 Å². The number of carbonyl (C=O) groups excluding carboxylic acids is 2. The normalized spacial score (nSPS) is 18.5. The van der Waals surface area contributed by atoms with E-state index in [1.54, 1.807) is 6.07 Å². The Morgan fingerprint density at radius 2 is 2.17 bits per heavy atom. The van der Waals surface area contributed by atoms with Gasteiger partial charge in [-0.05, 0) is 56.0 Å². The van der Waals surface area contributed by atoms with E-state index in [1.807, 2.05) is 19.1 Å². The molecule has 0 saturated carbocycles. The van der Waals surface area contributed by atoms with Crippen molar-refractivity contribution in [3.8, 4) is 0 Å². The summed E-state index contributed by atoms with van der Waals surface area (Å²) in [7, 11) is 0. The van der Waals surface area contributed by atoms with Crippen molar-refractivity contribution >= 4 is 29.1 Å². The summed E-state index contributed by atoms with van der Waals surface area (Å²) in [6.07, 6.45) is 2.15. The predicted octanol–water partition coefficient (Wildman–Crippen LogP) is 2.44. The van der Waals surface area contributed by atoms with E-state index in [0.29, 0.717) is 24.0 Å². The average Bonchev–Trinajstić information content (AvgIpc) is 2.49. The lowest BCUT2D eigenvalue weighted by atomic mass is 9.98. The molecule has 1 aliphatic rings. The molecule has 126 valence electrons. The first-order valence-corrected chi connectivity index (χ1v) is 8.34. The molecule has 0 spiro atoms. The molecule has 1 unspecified atom stereocenters. The highest BCUT2D eigenvalue weighted by Gasteiger charge is 2.21. The molecule has 6 heteroatoms. The molecule has 2 N–H and O–H groups in total. The van der Waals surface area contributed by atoms with Gasteiger partial charge in [0.05, 0.1) is 6.54 Å². The predicted molar refractivity (Wildman–Crippen MR) is 92.7 cm³/mol. The van der Waals surface area contributed by atoms with Crippen LogP contribution in [0.4, 0.5) is 5.69 Å². The summed E-state index contributed by atoms with van der Waals surface area (Å²) in [4.78, 5) is 25.3. The van der Waals surface area contributed by atoms with Gasteiger partial charge in [0.15, 0.2) is 0 Å². The summed E-state index contributed by atoms with van der Waals surface area (Å²) < 4.78 is 0. The first-order valence-electron chi connectivity index (χ1n) is 7.97. The van der Waals surface area contributed by atoms with Crippen molar-refractivity contribution < 1.29 is 9.59 Å². The summed E-state index contributed by atoms with van der Waals surface area (Å²) >= 11 is 5.99. The zero-order valence-corrected chi connectivity index (χ0v) is 14.4. The lowest BCUT2D eigenvalue weighted by Crippen LogP contribution is -2.43. The van der Waals surface area contributed by atoms with Crippen molar-refractivity contribution in [2.45, 2.75) is 26.7 Å². The van der Waals surface area contributed by atoms with Crippen LogP contribution < -0.4 is 10.6 Å². The molecule has 23 heavy (non-hydrogen) atoms. The lowest BCUT2D eigenvalue weighted by molar-refractivity contribution is -0.120. The molecule has 1 aromatic carbocycles. The van der Waals surface area contributed by atoms with Crippen LogP contribution in [-0.2, 0) is 9.59 Å². The van der Waals surface area contributed by atoms with E-state index >= 15 is 0 Å². The van der Waals surface area contributed by atoms with Gasteiger partial charge < -0.3 is 10.6 Å². The Morgan fingerprint density at radius 3 is 2.87 bits per heavy atom. The Morgan fingerprint density at radius 1 is 1.39 bits per heavy atom. The number of amides is 2. The Bertz CT molecular complexity index is 577. The molecule has 0 bridgehead atoms. The fourth-order valence-corrected chi connectivity index (χ4v) is 2.99. The van der Waals surface area contributed by atoms with E-state index in [-0.39, 0.29) is 11.8 Å². The second-order valence-corrected chi connectivity index (χ2v) is 6.60. The van der Waals surface area contributed by atoms with Crippen LogP contribution in [0.2, 0.25) is 5.02 Å². The largest absolute Gasteiger partial charge is 0.356 e. The second-order valence-electron chi connectivity index (χ2n) is 6.19. The fourth-order valence-electron chi connectivity index (χ4n) is 2.88. The van der Waals surface area contributed by atoms with E-state index in [0.717, 1.165) is 37.2 Å². The van der Waals surface area contributed by atoms with Crippen LogP contribution in [0, 0.1) is 12.8 Å². The van der Waals surface area contributed by atoms with E-state index < -0.39 is 0 Å².